The molecule has 47 heavy (non-hydrogen) atoms. The number of ketones is 2. The molecule has 15 heteroatoms. The number of rotatable bonds is 8. The summed E-state index contributed by atoms with van der Waals surface area (Å²) < 4.78 is 5.55. The number of carbonyl (C=O) groups excluding carboxylic acids is 4. The first-order valence-electron chi connectivity index (χ1n) is 14.6. The standard InChI is InChI=1S/C32H27BrN4O10/c1-34(2)29-23(36(43)44)11-16(12-24(29)37(45)46)35-31(41)19-8-7-18-20(27(19)32(35)42)13-21-28(25(39)14-22(33)30(21)40)26(18)15-3-5-17(6-4-15)47-10-9-38/h3-7,11-12,14,19-20,26-27,38H,8-10,13H2,1-2H3/t19-,20+,26-,27-/m0/s1. The first-order chi connectivity index (χ1) is 22.3. The monoisotopic (exact) mass is 706 g/mol. The number of nitro benzene ring substituents is 2. The van der Waals surface area contributed by atoms with Gasteiger partial charge in [0.05, 0.1) is 38.5 Å². The summed E-state index contributed by atoms with van der Waals surface area (Å²) in [6, 6.07) is 8.79. The van der Waals surface area contributed by atoms with Crippen LogP contribution in [0.4, 0.5) is 22.7 Å². The molecule has 2 amide bonds. The van der Waals surface area contributed by atoms with Gasteiger partial charge in [-0.1, -0.05) is 23.8 Å². The van der Waals surface area contributed by atoms with Crippen LogP contribution in [0.15, 0.2) is 69.8 Å². The van der Waals surface area contributed by atoms with Crippen LogP contribution in [-0.2, 0) is 19.2 Å². The lowest BCUT2D eigenvalue weighted by Crippen LogP contribution is -2.39. The van der Waals surface area contributed by atoms with Gasteiger partial charge in [0.1, 0.15) is 12.4 Å². The molecule has 0 radical (unpaired) electrons. The Labute approximate surface area is 275 Å². The van der Waals surface area contributed by atoms with Crippen molar-refractivity contribution in [1.82, 2.24) is 0 Å². The topological polar surface area (TPSA) is 190 Å². The van der Waals surface area contributed by atoms with Crippen LogP contribution in [-0.4, -0.2) is 65.6 Å². The van der Waals surface area contributed by atoms with Crippen molar-refractivity contribution in [3.63, 3.8) is 0 Å². The second kappa shape index (κ2) is 12.0. The third-order valence-corrected chi connectivity index (χ3v) is 9.65. The number of aliphatic hydroxyl groups is 1. The highest BCUT2D eigenvalue weighted by molar-refractivity contribution is 9.12. The Morgan fingerprint density at radius 2 is 1.64 bits per heavy atom. The lowest BCUT2D eigenvalue weighted by Gasteiger charge is -2.42. The number of allylic oxidation sites excluding steroid dienone is 6. The molecule has 242 valence electrons. The first kappa shape index (κ1) is 31.9. The number of amides is 2. The Bertz CT molecular complexity index is 1840. The lowest BCUT2D eigenvalue weighted by molar-refractivity contribution is -0.392. The maximum absolute atomic E-state index is 14.2. The summed E-state index contributed by atoms with van der Waals surface area (Å²) in [4.78, 5) is 79.4. The van der Waals surface area contributed by atoms with Crippen LogP contribution in [0.2, 0.25) is 0 Å². The summed E-state index contributed by atoms with van der Waals surface area (Å²) >= 11 is 3.19. The molecular weight excluding hydrogens is 680 g/mol. The Morgan fingerprint density at radius 1 is 1.00 bits per heavy atom. The molecule has 0 saturated carbocycles. The van der Waals surface area contributed by atoms with Gasteiger partial charge in [-0.2, -0.15) is 0 Å². The fourth-order valence-electron chi connectivity index (χ4n) is 7.22. The highest BCUT2D eigenvalue weighted by atomic mass is 79.9. The van der Waals surface area contributed by atoms with Crippen molar-refractivity contribution in [2.75, 3.05) is 37.1 Å². The second-order valence-corrected chi connectivity index (χ2v) is 12.6. The largest absolute Gasteiger partial charge is 0.491 e. The average molecular weight is 707 g/mol. The number of benzene rings is 2. The normalized spacial score (nSPS) is 23.5. The van der Waals surface area contributed by atoms with Crippen molar-refractivity contribution in [3.05, 3.63) is 95.5 Å². The molecule has 4 aliphatic rings. The number of nitro groups is 2. The van der Waals surface area contributed by atoms with Crippen LogP contribution in [0, 0.1) is 38.0 Å². The van der Waals surface area contributed by atoms with Gasteiger partial charge in [-0.05, 0) is 52.4 Å². The number of nitrogens with zero attached hydrogens (tertiary/aromatic N) is 4. The molecule has 2 aromatic rings. The zero-order chi connectivity index (χ0) is 33.9. The Kier molecular flexibility index (Phi) is 8.13. The van der Waals surface area contributed by atoms with Crippen molar-refractivity contribution in [2.24, 2.45) is 17.8 Å². The molecular formula is C32H27BrN4O10. The van der Waals surface area contributed by atoms with Crippen LogP contribution < -0.4 is 14.5 Å². The number of carbonyl (C=O) groups is 4. The molecule has 0 bridgehead atoms. The number of ether oxygens (including phenoxy) is 1. The van der Waals surface area contributed by atoms with Crippen molar-refractivity contribution in [2.45, 2.75) is 18.8 Å². The molecule has 0 spiro atoms. The predicted molar refractivity (Wildman–Crippen MR) is 170 cm³/mol. The van der Waals surface area contributed by atoms with Gasteiger partial charge in [0, 0.05) is 49.4 Å². The van der Waals surface area contributed by atoms with E-state index in [0.717, 1.165) is 17.0 Å². The summed E-state index contributed by atoms with van der Waals surface area (Å²) in [6.45, 7) is -0.100. The summed E-state index contributed by atoms with van der Waals surface area (Å²) in [7, 11) is 2.82. The van der Waals surface area contributed by atoms with Gasteiger partial charge in [-0.15, -0.1) is 0 Å². The van der Waals surface area contributed by atoms with Gasteiger partial charge < -0.3 is 14.7 Å². The van der Waals surface area contributed by atoms with Gasteiger partial charge in [0.2, 0.25) is 11.8 Å². The molecule has 0 unspecified atom stereocenters. The molecule has 4 atom stereocenters. The second-order valence-electron chi connectivity index (χ2n) is 11.8. The van der Waals surface area contributed by atoms with E-state index < -0.39 is 62.5 Å². The third-order valence-electron chi connectivity index (χ3n) is 9.06. The van der Waals surface area contributed by atoms with Gasteiger partial charge >= 0.3 is 11.4 Å². The van der Waals surface area contributed by atoms with Gasteiger partial charge in [-0.3, -0.25) is 39.4 Å². The number of halogens is 1. The number of anilines is 2. The molecule has 1 aliphatic heterocycles. The van der Waals surface area contributed by atoms with E-state index in [1.54, 1.807) is 24.3 Å². The summed E-state index contributed by atoms with van der Waals surface area (Å²) in [5.41, 5.74) is -0.0309. The molecule has 14 nitrogen and oxygen atoms in total. The molecule has 1 heterocycles. The van der Waals surface area contributed by atoms with Crippen LogP contribution in [0.5, 0.6) is 5.75 Å². The minimum Gasteiger partial charge on any atom is -0.491 e. The molecule has 0 aromatic heterocycles. The number of aliphatic hydroxyl groups excluding tert-OH is 1. The molecule has 1 N–H and O–H groups in total. The van der Waals surface area contributed by atoms with E-state index in [9.17, 15) is 39.4 Å². The van der Waals surface area contributed by atoms with E-state index in [0.29, 0.717) is 16.9 Å². The SMILES string of the molecule is CN(C)c1c([N+](=O)[O-])cc(N2C(=O)[C@H]3[C@H](CC=C4[C@H](c5ccc(OCCO)cc5)C5=C(C[C@H]43)C(=O)C(Br)=CC5=O)C2=O)cc1[N+](=O)[O-]. The van der Waals surface area contributed by atoms with Gasteiger partial charge in [-0.25, -0.2) is 4.90 Å². The fraction of sp³-hybridized carbons (Fsp3) is 0.312. The van der Waals surface area contributed by atoms with Crippen LogP contribution in [0.3, 0.4) is 0 Å². The summed E-state index contributed by atoms with van der Waals surface area (Å²) in [5, 5.41) is 33.1. The number of imide groups is 1. The third kappa shape index (κ3) is 5.15. The predicted octanol–water partition coefficient (Wildman–Crippen LogP) is 3.91. The number of fused-ring (bicyclic) bond motifs is 3. The molecule has 1 fully saturated rings. The van der Waals surface area contributed by atoms with Crippen molar-refractivity contribution in [3.8, 4) is 5.75 Å². The van der Waals surface area contributed by atoms with Crippen molar-refractivity contribution >= 4 is 62.1 Å². The molecule has 1 saturated heterocycles. The van der Waals surface area contributed by atoms with Gasteiger partial charge in [0.15, 0.2) is 17.3 Å². The number of hydrogen-bond acceptors (Lipinski definition) is 11. The quantitative estimate of drug-likeness (QED) is 0.138. The highest BCUT2D eigenvalue weighted by Gasteiger charge is 2.57. The van der Waals surface area contributed by atoms with Gasteiger partial charge in [0.25, 0.3) is 0 Å². The van der Waals surface area contributed by atoms with E-state index in [1.165, 1.54) is 25.1 Å². The van der Waals surface area contributed by atoms with E-state index in [1.807, 2.05) is 6.08 Å². The smallest absolute Gasteiger partial charge is 0.301 e. The van der Waals surface area contributed by atoms with E-state index in [2.05, 4.69) is 15.9 Å². The average Bonchev–Trinajstić information content (AvgIpc) is 3.30. The van der Waals surface area contributed by atoms with E-state index in [-0.39, 0.29) is 58.8 Å². The van der Waals surface area contributed by atoms with Crippen LogP contribution >= 0.6 is 15.9 Å². The maximum Gasteiger partial charge on any atom is 0.301 e. The van der Waals surface area contributed by atoms with E-state index in [4.69, 9.17) is 9.84 Å². The fourth-order valence-corrected chi connectivity index (χ4v) is 7.66. The highest BCUT2D eigenvalue weighted by Crippen LogP contribution is 2.56. The van der Waals surface area contributed by atoms with Crippen molar-refractivity contribution in [1.29, 1.82) is 0 Å². The zero-order valence-corrected chi connectivity index (χ0v) is 26.6. The Morgan fingerprint density at radius 3 is 2.21 bits per heavy atom. The molecule has 6 rings (SSSR count). The maximum atomic E-state index is 14.2. The van der Waals surface area contributed by atoms with Crippen LogP contribution in [0.25, 0.3) is 0 Å². The zero-order valence-electron chi connectivity index (χ0n) is 25.0. The lowest BCUT2D eigenvalue weighted by atomic mass is 9.59. The van der Waals surface area contributed by atoms with E-state index >= 15 is 0 Å². The minimum atomic E-state index is -0.995. The molecule has 3 aliphatic carbocycles. The number of Topliss-reactive ketones (excluding diaryl/α,β-unsaturated/α-hetero) is 1. The minimum absolute atomic E-state index is 0.00321. The first-order valence-corrected chi connectivity index (χ1v) is 15.4. The Hall–Kier alpha value is -5.02. The summed E-state index contributed by atoms with van der Waals surface area (Å²) in [6.07, 6.45) is 3.14. The van der Waals surface area contributed by atoms with Crippen molar-refractivity contribution < 1.29 is 38.9 Å². The summed E-state index contributed by atoms with van der Waals surface area (Å²) in [5.74, 6) is -4.96. The van der Waals surface area contributed by atoms with Crippen LogP contribution in [0.1, 0.15) is 24.3 Å². The molecule has 2 aromatic carbocycles. The number of hydrogen-bond donors (Lipinski definition) is 1. The Balaban J connectivity index is 1.45.